The van der Waals surface area contributed by atoms with Crippen LogP contribution in [-0.4, -0.2) is 17.8 Å². The molecule has 0 aromatic heterocycles. The van der Waals surface area contributed by atoms with Crippen molar-refractivity contribution >= 4 is 0 Å². The third-order valence-electron chi connectivity index (χ3n) is 2.67. The molecule has 2 atom stereocenters. The van der Waals surface area contributed by atoms with E-state index in [1.165, 1.54) is 6.42 Å². The highest BCUT2D eigenvalue weighted by molar-refractivity contribution is 4.77. The summed E-state index contributed by atoms with van der Waals surface area (Å²) < 4.78 is 0. The summed E-state index contributed by atoms with van der Waals surface area (Å²) in [6.07, 6.45) is 6.19. The molecule has 12 heavy (non-hydrogen) atoms. The quantitative estimate of drug-likeness (QED) is 0.658. The molecule has 0 amide bonds. The van der Waals surface area contributed by atoms with Gasteiger partial charge in [-0.25, -0.2) is 0 Å². The number of aliphatic hydroxyl groups excluding tert-OH is 1. The van der Waals surface area contributed by atoms with Crippen LogP contribution in [0.15, 0.2) is 5.18 Å². The van der Waals surface area contributed by atoms with Gasteiger partial charge < -0.3 is 5.11 Å². The lowest BCUT2D eigenvalue weighted by Gasteiger charge is -2.24. The van der Waals surface area contributed by atoms with Gasteiger partial charge in [-0.15, -0.1) is 0 Å². The molecule has 3 nitrogen and oxygen atoms in total. The SMILES string of the molecule is O=NC1CCCC(CCCO)C1. The molecule has 0 bridgehead atoms. The van der Waals surface area contributed by atoms with E-state index in [9.17, 15) is 4.91 Å². The Hall–Kier alpha value is -0.440. The van der Waals surface area contributed by atoms with Crippen molar-refractivity contribution in [3.63, 3.8) is 0 Å². The van der Waals surface area contributed by atoms with Gasteiger partial charge in [-0.3, -0.25) is 0 Å². The van der Waals surface area contributed by atoms with Crippen LogP contribution in [0.3, 0.4) is 0 Å². The van der Waals surface area contributed by atoms with Crippen molar-refractivity contribution in [3.05, 3.63) is 4.91 Å². The maximum Gasteiger partial charge on any atom is 0.0922 e. The maximum absolute atomic E-state index is 10.3. The normalized spacial score (nSPS) is 30.1. The second-order valence-electron chi connectivity index (χ2n) is 3.66. The molecule has 1 N–H and O–H groups in total. The van der Waals surface area contributed by atoms with Crippen LogP contribution in [0.25, 0.3) is 0 Å². The Balaban J connectivity index is 2.20. The minimum absolute atomic E-state index is 0.0578. The van der Waals surface area contributed by atoms with E-state index in [0.29, 0.717) is 5.92 Å². The molecule has 0 heterocycles. The van der Waals surface area contributed by atoms with Crippen molar-refractivity contribution in [1.82, 2.24) is 0 Å². The molecule has 0 aromatic carbocycles. The highest BCUT2D eigenvalue weighted by atomic mass is 16.3. The third kappa shape index (κ3) is 2.89. The van der Waals surface area contributed by atoms with Gasteiger partial charge in [0.15, 0.2) is 0 Å². The molecule has 0 saturated heterocycles. The molecule has 1 rings (SSSR count). The van der Waals surface area contributed by atoms with Crippen molar-refractivity contribution < 1.29 is 5.11 Å². The zero-order valence-electron chi connectivity index (χ0n) is 7.41. The second-order valence-corrected chi connectivity index (χ2v) is 3.66. The molecule has 0 spiro atoms. The van der Waals surface area contributed by atoms with Gasteiger partial charge in [0.1, 0.15) is 0 Å². The van der Waals surface area contributed by atoms with Gasteiger partial charge >= 0.3 is 0 Å². The highest BCUT2D eigenvalue weighted by Gasteiger charge is 2.21. The molecule has 1 aliphatic rings. The van der Waals surface area contributed by atoms with Gasteiger partial charge in [-0.1, -0.05) is 18.0 Å². The van der Waals surface area contributed by atoms with Gasteiger partial charge in [0.05, 0.1) is 6.04 Å². The highest BCUT2D eigenvalue weighted by Crippen LogP contribution is 2.29. The van der Waals surface area contributed by atoms with E-state index >= 15 is 0 Å². The number of rotatable bonds is 4. The molecule has 2 unspecified atom stereocenters. The van der Waals surface area contributed by atoms with E-state index in [2.05, 4.69) is 5.18 Å². The first-order valence-electron chi connectivity index (χ1n) is 4.80. The summed E-state index contributed by atoms with van der Waals surface area (Å²) in [6, 6.07) is 0.0578. The lowest BCUT2D eigenvalue weighted by atomic mass is 9.83. The Morgan fingerprint density at radius 2 is 2.25 bits per heavy atom. The van der Waals surface area contributed by atoms with Crippen molar-refractivity contribution in [2.24, 2.45) is 11.1 Å². The van der Waals surface area contributed by atoms with Crippen LogP contribution < -0.4 is 0 Å². The predicted octanol–water partition coefficient (Wildman–Crippen LogP) is 2.08. The number of aliphatic hydroxyl groups is 1. The van der Waals surface area contributed by atoms with Crippen LogP contribution >= 0.6 is 0 Å². The lowest BCUT2D eigenvalue weighted by molar-refractivity contribution is 0.245. The Morgan fingerprint density at radius 1 is 1.42 bits per heavy atom. The summed E-state index contributed by atoms with van der Waals surface area (Å²) in [5.74, 6) is 0.633. The van der Waals surface area contributed by atoms with Crippen LogP contribution in [0.2, 0.25) is 0 Å². The average molecular weight is 171 g/mol. The van der Waals surface area contributed by atoms with Crippen molar-refractivity contribution in [3.8, 4) is 0 Å². The van der Waals surface area contributed by atoms with E-state index in [0.717, 1.165) is 32.1 Å². The molecule has 70 valence electrons. The van der Waals surface area contributed by atoms with Crippen molar-refractivity contribution in [2.75, 3.05) is 6.61 Å². The topological polar surface area (TPSA) is 49.7 Å². The van der Waals surface area contributed by atoms with Gasteiger partial charge in [-0.05, 0) is 31.6 Å². The molecule has 0 aliphatic heterocycles. The van der Waals surface area contributed by atoms with Gasteiger partial charge in [-0.2, -0.15) is 4.91 Å². The first kappa shape index (κ1) is 9.65. The Labute approximate surface area is 73.1 Å². The van der Waals surface area contributed by atoms with E-state index in [4.69, 9.17) is 5.11 Å². The lowest BCUT2D eigenvalue weighted by Crippen LogP contribution is -2.18. The van der Waals surface area contributed by atoms with Gasteiger partial charge in [0.25, 0.3) is 0 Å². The zero-order valence-corrected chi connectivity index (χ0v) is 7.41. The molecule has 0 radical (unpaired) electrons. The van der Waals surface area contributed by atoms with Crippen LogP contribution in [0.1, 0.15) is 38.5 Å². The first-order valence-corrected chi connectivity index (χ1v) is 4.80. The fourth-order valence-corrected chi connectivity index (χ4v) is 2.00. The second kappa shape index (κ2) is 5.25. The molecule has 1 saturated carbocycles. The largest absolute Gasteiger partial charge is 0.396 e. The summed E-state index contributed by atoms with van der Waals surface area (Å²) in [5.41, 5.74) is 0. The summed E-state index contributed by atoms with van der Waals surface area (Å²) >= 11 is 0. The van der Waals surface area contributed by atoms with Crippen LogP contribution in [0.5, 0.6) is 0 Å². The standard InChI is InChI=1S/C9H17NO2/c11-6-2-4-8-3-1-5-9(7-8)10-12/h8-9,11H,1-7H2. The van der Waals surface area contributed by atoms with Gasteiger partial charge in [0, 0.05) is 6.61 Å². The molecule has 1 fully saturated rings. The number of nitroso groups, excluding NO2 is 1. The van der Waals surface area contributed by atoms with Crippen molar-refractivity contribution in [2.45, 2.75) is 44.6 Å². The van der Waals surface area contributed by atoms with Gasteiger partial charge in [0.2, 0.25) is 0 Å². The smallest absolute Gasteiger partial charge is 0.0922 e. The minimum Gasteiger partial charge on any atom is -0.396 e. The summed E-state index contributed by atoms with van der Waals surface area (Å²) in [5, 5.41) is 11.7. The molecule has 1 aliphatic carbocycles. The first-order chi connectivity index (χ1) is 5.86. The molecule has 3 heteroatoms. The predicted molar refractivity (Wildman–Crippen MR) is 47.9 cm³/mol. The third-order valence-corrected chi connectivity index (χ3v) is 2.67. The molecular weight excluding hydrogens is 154 g/mol. The fourth-order valence-electron chi connectivity index (χ4n) is 2.00. The van der Waals surface area contributed by atoms with E-state index in [1.807, 2.05) is 0 Å². The Bertz CT molecular complexity index is 138. The average Bonchev–Trinajstić information content (AvgIpc) is 2.15. The molecular formula is C9H17NO2. The van der Waals surface area contributed by atoms with E-state index in [1.54, 1.807) is 0 Å². The van der Waals surface area contributed by atoms with E-state index < -0.39 is 0 Å². The maximum atomic E-state index is 10.3. The zero-order chi connectivity index (χ0) is 8.81. The van der Waals surface area contributed by atoms with Crippen LogP contribution in [0.4, 0.5) is 0 Å². The summed E-state index contributed by atoms with van der Waals surface area (Å²) in [7, 11) is 0. The number of hydrogen-bond acceptors (Lipinski definition) is 3. The molecule has 0 aromatic rings. The van der Waals surface area contributed by atoms with E-state index in [-0.39, 0.29) is 12.6 Å². The Morgan fingerprint density at radius 3 is 2.92 bits per heavy atom. The summed E-state index contributed by atoms with van der Waals surface area (Å²) in [4.78, 5) is 10.3. The van der Waals surface area contributed by atoms with Crippen LogP contribution in [0, 0.1) is 10.8 Å². The van der Waals surface area contributed by atoms with Crippen LogP contribution in [-0.2, 0) is 0 Å². The number of hydrogen-bond donors (Lipinski definition) is 1. The monoisotopic (exact) mass is 171 g/mol. The fraction of sp³-hybridized carbons (Fsp3) is 1.00. The van der Waals surface area contributed by atoms with Crippen molar-refractivity contribution in [1.29, 1.82) is 0 Å². The Kier molecular flexibility index (Phi) is 4.22. The number of nitrogens with zero attached hydrogens (tertiary/aromatic N) is 1. The minimum atomic E-state index is 0.0578. The summed E-state index contributed by atoms with van der Waals surface area (Å²) in [6.45, 7) is 0.273.